The van der Waals surface area contributed by atoms with E-state index in [1.165, 1.54) is 6.07 Å². The fourth-order valence-corrected chi connectivity index (χ4v) is 2.96. The van der Waals surface area contributed by atoms with Gasteiger partial charge >= 0.3 is 0 Å². The summed E-state index contributed by atoms with van der Waals surface area (Å²) in [7, 11) is 0. The zero-order valence-electron chi connectivity index (χ0n) is 11.9. The van der Waals surface area contributed by atoms with Crippen molar-refractivity contribution in [2.45, 2.75) is 38.3 Å². The molecule has 2 heterocycles. The smallest absolute Gasteiger partial charge is 0.143 e. The highest BCUT2D eigenvalue weighted by molar-refractivity contribution is 5.50. The van der Waals surface area contributed by atoms with Crippen molar-refractivity contribution in [3.63, 3.8) is 0 Å². The largest absolute Gasteiger partial charge is 0.306 e. The van der Waals surface area contributed by atoms with E-state index >= 15 is 0 Å². The number of hydrogen-bond acceptors (Lipinski definition) is 3. The van der Waals surface area contributed by atoms with Crippen molar-refractivity contribution in [1.82, 2.24) is 14.9 Å². The first-order chi connectivity index (χ1) is 10.2. The van der Waals surface area contributed by atoms with E-state index < -0.39 is 5.82 Å². The van der Waals surface area contributed by atoms with Crippen LogP contribution in [-0.4, -0.2) is 15.6 Å². The summed E-state index contributed by atoms with van der Waals surface area (Å²) < 4.78 is 15.6. The molecule has 3 rings (SSSR count). The maximum absolute atomic E-state index is 13.8. The number of hydrogen-bond donors (Lipinski definition) is 1. The molecule has 0 radical (unpaired) electrons. The molecule has 1 aliphatic heterocycles. The lowest BCUT2D eigenvalue weighted by atomic mass is 9.97. The second-order valence-electron chi connectivity index (χ2n) is 5.49. The topological polar surface area (TPSA) is 53.6 Å². The highest BCUT2D eigenvalue weighted by Crippen LogP contribution is 2.28. The fraction of sp³-hybridized carbons (Fsp3) is 0.375. The second-order valence-corrected chi connectivity index (χ2v) is 5.49. The van der Waals surface area contributed by atoms with Gasteiger partial charge in [-0.25, -0.2) is 9.37 Å². The molecule has 2 atom stereocenters. The first kappa shape index (κ1) is 13.8. The van der Waals surface area contributed by atoms with Crippen LogP contribution in [0.5, 0.6) is 0 Å². The van der Waals surface area contributed by atoms with Crippen LogP contribution < -0.4 is 5.32 Å². The van der Waals surface area contributed by atoms with Gasteiger partial charge in [0.25, 0.3) is 0 Å². The molecular weight excluding hydrogens is 267 g/mol. The maximum atomic E-state index is 13.8. The Morgan fingerprint density at radius 1 is 1.43 bits per heavy atom. The van der Waals surface area contributed by atoms with E-state index in [0.29, 0.717) is 11.7 Å². The van der Waals surface area contributed by atoms with Crippen molar-refractivity contribution >= 4 is 0 Å². The standard InChI is InChI=1S/C16H17FN4/c1-11-4-2-6-14(20-11)16-9-19-10-21(16)15-7-3-5-13(17)12(15)8-18/h3,5,7,9-11,14,20H,2,4,6H2,1H3. The number of aromatic nitrogens is 2. The maximum Gasteiger partial charge on any atom is 0.143 e. The molecule has 5 heteroatoms. The SMILES string of the molecule is CC1CCCC(c2cncn2-c2cccc(F)c2C#N)N1. The van der Waals surface area contributed by atoms with Crippen LogP contribution in [0.4, 0.5) is 4.39 Å². The molecule has 0 saturated carbocycles. The molecule has 2 aromatic rings. The van der Waals surface area contributed by atoms with Crippen LogP contribution in [0.2, 0.25) is 0 Å². The average Bonchev–Trinajstić information content (AvgIpc) is 2.96. The minimum absolute atomic E-state index is 0.0561. The lowest BCUT2D eigenvalue weighted by molar-refractivity contribution is 0.334. The zero-order chi connectivity index (χ0) is 14.8. The predicted octanol–water partition coefficient (Wildman–Crippen LogP) is 3.09. The number of nitrogens with one attached hydrogen (secondary N) is 1. The molecule has 1 aromatic carbocycles. The molecule has 0 bridgehead atoms. The minimum atomic E-state index is -0.500. The minimum Gasteiger partial charge on any atom is -0.306 e. The number of imidazole rings is 1. The van der Waals surface area contributed by atoms with Crippen molar-refractivity contribution < 1.29 is 4.39 Å². The van der Waals surface area contributed by atoms with Crippen LogP contribution in [0, 0.1) is 17.1 Å². The third-order valence-corrected chi connectivity index (χ3v) is 4.00. The second kappa shape index (κ2) is 5.66. The Kier molecular flexibility index (Phi) is 3.72. The number of nitrogens with zero attached hydrogens (tertiary/aromatic N) is 3. The van der Waals surface area contributed by atoms with E-state index in [2.05, 4.69) is 17.2 Å². The molecule has 0 amide bonds. The summed E-state index contributed by atoms with van der Waals surface area (Å²) in [4.78, 5) is 4.19. The van der Waals surface area contributed by atoms with Gasteiger partial charge in [-0.3, -0.25) is 0 Å². The summed E-state index contributed by atoms with van der Waals surface area (Å²) >= 11 is 0. The average molecular weight is 284 g/mol. The van der Waals surface area contributed by atoms with Crippen LogP contribution in [0.25, 0.3) is 5.69 Å². The van der Waals surface area contributed by atoms with Crippen molar-refractivity contribution in [1.29, 1.82) is 5.26 Å². The Bertz CT molecular complexity index is 686. The number of halogens is 1. The molecule has 1 aliphatic rings. The van der Waals surface area contributed by atoms with Gasteiger partial charge in [0.1, 0.15) is 17.4 Å². The van der Waals surface area contributed by atoms with Crippen molar-refractivity contribution in [3.05, 3.63) is 47.8 Å². The molecule has 2 unspecified atom stereocenters. The number of piperidine rings is 1. The molecule has 0 spiro atoms. The number of benzene rings is 1. The molecule has 1 N–H and O–H groups in total. The highest BCUT2D eigenvalue weighted by atomic mass is 19.1. The Hall–Kier alpha value is -2.19. The van der Waals surface area contributed by atoms with E-state index in [9.17, 15) is 9.65 Å². The molecule has 0 aliphatic carbocycles. The molecule has 4 nitrogen and oxygen atoms in total. The van der Waals surface area contributed by atoms with Crippen LogP contribution in [-0.2, 0) is 0 Å². The van der Waals surface area contributed by atoms with Crippen LogP contribution in [0.3, 0.4) is 0 Å². The van der Waals surface area contributed by atoms with Gasteiger partial charge in [-0.2, -0.15) is 5.26 Å². The molecule has 1 aromatic heterocycles. The van der Waals surface area contributed by atoms with Gasteiger partial charge in [0.15, 0.2) is 0 Å². The van der Waals surface area contributed by atoms with E-state index in [-0.39, 0.29) is 11.6 Å². The molecular formula is C16H17FN4. The van der Waals surface area contributed by atoms with Gasteiger partial charge in [0.05, 0.1) is 23.9 Å². The monoisotopic (exact) mass is 284 g/mol. The van der Waals surface area contributed by atoms with Gasteiger partial charge in [0.2, 0.25) is 0 Å². The third kappa shape index (κ3) is 2.55. The Morgan fingerprint density at radius 3 is 3.05 bits per heavy atom. The van der Waals surface area contributed by atoms with Gasteiger partial charge in [-0.1, -0.05) is 6.07 Å². The van der Waals surface area contributed by atoms with E-state index in [0.717, 1.165) is 25.0 Å². The zero-order valence-corrected chi connectivity index (χ0v) is 11.9. The summed E-state index contributed by atoms with van der Waals surface area (Å²) in [5.41, 5.74) is 1.58. The predicted molar refractivity (Wildman–Crippen MR) is 77.4 cm³/mol. The van der Waals surface area contributed by atoms with Crippen molar-refractivity contribution in [3.8, 4) is 11.8 Å². The normalized spacial score (nSPS) is 22.0. The van der Waals surface area contributed by atoms with Crippen molar-refractivity contribution in [2.24, 2.45) is 0 Å². The van der Waals surface area contributed by atoms with Gasteiger partial charge in [0, 0.05) is 12.1 Å². The van der Waals surface area contributed by atoms with Crippen LogP contribution >= 0.6 is 0 Å². The number of rotatable bonds is 2. The molecule has 1 fully saturated rings. The van der Waals surface area contributed by atoms with Crippen molar-refractivity contribution in [2.75, 3.05) is 0 Å². The summed E-state index contributed by atoms with van der Waals surface area (Å²) in [5, 5.41) is 12.7. The molecule has 21 heavy (non-hydrogen) atoms. The number of nitriles is 1. The lowest BCUT2D eigenvalue weighted by Gasteiger charge is -2.29. The van der Waals surface area contributed by atoms with E-state index in [1.807, 2.05) is 10.6 Å². The Balaban J connectivity index is 2.04. The first-order valence-electron chi connectivity index (χ1n) is 7.18. The molecule has 108 valence electrons. The van der Waals surface area contributed by atoms with Crippen LogP contribution in [0.15, 0.2) is 30.7 Å². The third-order valence-electron chi connectivity index (χ3n) is 4.00. The van der Waals surface area contributed by atoms with E-state index in [4.69, 9.17) is 0 Å². The van der Waals surface area contributed by atoms with E-state index in [1.54, 1.807) is 24.7 Å². The summed E-state index contributed by atoms with van der Waals surface area (Å²) in [6.07, 6.45) is 6.77. The summed E-state index contributed by atoms with van der Waals surface area (Å²) in [6.45, 7) is 2.16. The summed E-state index contributed by atoms with van der Waals surface area (Å²) in [6, 6.07) is 7.26. The first-order valence-corrected chi connectivity index (χ1v) is 7.18. The molecule has 1 saturated heterocycles. The van der Waals surface area contributed by atoms with Gasteiger partial charge in [-0.15, -0.1) is 0 Å². The highest BCUT2D eigenvalue weighted by Gasteiger charge is 2.23. The fourth-order valence-electron chi connectivity index (χ4n) is 2.96. The Morgan fingerprint density at radius 2 is 2.29 bits per heavy atom. The summed E-state index contributed by atoms with van der Waals surface area (Å²) in [5.74, 6) is -0.500. The van der Waals surface area contributed by atoms with Gasteiger partial charge < -0.3 is 9.88 Å². The quantitative estimate of drug-likeness (QED) is 0.922. The van der Waals surface area contributed by atoms with Gasteiger partial charge in [-0.05, 0) is 38.3 Å². The lowest BCUT2D eigenvalue weighted by Crippen LogP contribution is -2.35. The Labute approximate surface area is 123 Å². The van der Waals surface area contributed by atoms with Crippen LogP contribution in [0.1, 0.15) is 43.5 Å².